The number of pyridine rings is 2. The highest BCUT2D eigenvalue weighted by molar-refractivity contribution is 6.24. The minimum atomic E-state index is 0.918. The van der Waals surface area contributed by atoms with Crippen molar-refractivity contribution in [1.29, 1.82) is 0 Å². The smallest absolute Gasteiger partial charge is 0.0978 e. The Morgan fingerprint density at radius 1 is 0.320 bits per heavy atom. The Balaban J connectivity index is 1.29. The molecule has 0 aliphatic heterocycles. The van der Waals surface area contributed by atoms with Crippen molar-refractivity contribution in [2.24, 2.45) is 0 Å². The molecule has 10 rings (SSSR count). The van der Waals surface area contributed by atoms with Gasteiger partial charge in [-0.25, -0.2) is 4.98 Å². The second-order valence-electron chi connectivity index (χ2n) is 12.9. The maximum absolute atomic E-state index is 5.24. The van der Waals surface area contributed by atoms with Crippen LogP contribution in [0.4, 0.5) is 0 Å². The van der Waals surface area contributed by atoms with Crippen LogP contribution in [0.15, 0.2) is 182 Å². The van der Waals surface area contributed by atoms with Gasteiger partial charge in [0.15, 0.2) is 0 Å². The second-order valence-corrected chi connectivity index (χ2v) is 12.9. The first kappa shape index (κ1) is 28.4. The molecule has 232 valence electrons. The van der Waals surface area contributed by atoms with Gasteiger partial charge in [0.2, 0.25) is 0 Å². The highest BCUT2D eigenvalue weighted by atomic mass is 14.8. The molecule has 0 amide bonds. The van der Waals surface area contributed by atoms with Crippen molar-refractivity contribution in [2.45, 2.75) is 0 Å². The van der Waals surface area contributed by atoms with Gasteiger partial charge in [-0.2, -0.15) is 0 Å². The summed E-state index contributed by atoms with van der Waals surface area (Å²) in [6.45, 7) is 0. The topological polar surface area (TPSA) is 25.8 Å². The molecule has 0 aliphatic rings. The van der Waals surface area contributed by atoms with Gasteiger partial charge in [-0.1, -0.05) is 164 Å². The number of fused-ring (bicyclic) bond motifs is 6. The Morgan fingerprint density at radius 2 is 0.860 bits per heavy atom. The number of hydrogen-bond donors (Lipinski definition) is 0. The van der Waals surface area contributed by atoms with E-state index in [4.69, 9.17) is 9.97 Å². The molecule has 8 aromatic carbocycles. The van der Waals surface area contributed by atoms with Crippen molar-refractivity contribution in [3.8, 4) is 44.6 Å². The third-order valence-corrected chi connectivity index (χ3v) is 10.1. The summed E-state index contributed by atoms with van der Waals surface area (Å²) in [5, 5.41) is 9.62. The molecule has 0 saturated carbocycles. The van der Waals surface area contributed by atoms with Crippen LogP contribution in [-0.4, -0.2) is 9.97 Å². The van der Waals surface area contributed by atoms with Crippen molar-refractivity contribution in [3.05, 3.63) is 182 Å². The molecule has 2 aromatic heterocycles. The molecule has 2 nitrogen and oxygen atoms in total. The lowest BCUT2D eigenvalue weighted by atomic mass is 9.83. The van der Waals surface area contributed by atoms with Crippen LogP contribution in [0.1, 0.15) is 0 Å². The van der Waals surface area contributed by atoms with E-state index in [2.05, 4.69) is 170 Å². The van der Waals surface area contributed by atoms with Crippen LogP contribution < -0.4 is 0 Å². The van der Waals surface area contributed by atoms with E-state index in [1.165, 1.54) is 60.1 Å². The van der Waals surface area contributed by atoms with Crippen molar-refractivity contribution >= 4 is 54.1 Å². The average Bonchev–Trinajstić information content (AvgIpc) is 3.20. The van der Waals surface area contributed by atoms with Gasteiger partial charge >= 0.3 is 0 Å². The lowest BCUT2D eigenvalue weighted by molar-refractivity contribution is 1.37. The fourth-order valence-electron chi connectivity index (χ4n) is 7.89. The van der Waals surface area contributed by atoms with Gasteiger partial charge < -0.3 is 0 Å². The van der Waals surface area contributed by atoms with E-state index >= 15 is 0 Å². The largest absolute Gasteiger partial charge is 0.254 e. The van der Waals surface area contributed by atoms with Crippen LogP contribution >= 0.6 is 0 Å². The predicted molar refractivity (Wildman–Crippen MR) is 211 cm³/mol. The molecule has 0 saturated heterocycles. The van der Waals surface area contributed by atoms with Gasteiger partial charge in [-0.15, -0.1) is 0 Å². The summed E-state index contributed by atoms with van der Waals surface area (Å²) in [5.41, 5.74) is 11.2. The molecule has 0 spiro atoms. The summed E-state index contributed by atoms with van der Waals surface area (Å²) in [6, 6.07) is 63.3. The summed E-state index contributed by atoms with van der Waals surface area (Å²) < 4.78 is 0. The molecular formula is C48H30N2. The SMILES string of the molecule is c1ccc(-c2cc(-c3ccc(-c4c5ccccc5c(-c5ccccc5)c5ccccc45)c4ccccc34)c3ccc4cccnc4c3n2)cc1. The molecule has 0 atom stereocenters. The number of aromatic nitrogens is 2. The van der Waals surface area contributed by atoms with Crippen molar-refractivity contribution in [2.75, 3.05) is 0 Å². The molecule has 50 heavy (non-hydrogen) atoms. The molecule has 0 radical (unpaired) electrons. The Kier molecular flexibility index (Phi) is 6.53. The van der Waals surface area contributed by atoms with E-state index in [1.54, 1.807) is 0 Å². The minimum Gasteiger partial charge on any atom is -0.254 e. The number of rotatable bonds is 4. The molecule has 0 N–H and O–H groups in total. The van der Waals surface area contributed by atoms with E-state index in [1.807, 2.05) is 12.3 Å². The van der Waals surface area contributed by atoms with Crippen LogP contribution in [0.2, 0.25) is 0 Å². The second kappa shape index (κ2) is 11.5. The lowest BCUT2D eigenvalue weighted by Crippen LogP contribution is -1.94. The van der Waals surface area contributed by atoms with Gasteiger partial charge in [-0.3, -0.25) is 4.98 Å². The third-order valence-electron chi connectivity index (χ3n) is 10.1. The van der Waals surface area contributed by atoms with Crippen LogP contribution in [0.25, 0.3) is 98.8 Å². The summed E-state index contributed by atoms with van der Waals surface area (Å²) in [7, 11) is 0. The first-order valence-electron chi connectivity index (χ1n) is 17.1. The van der Waals surface area contributed by atoms with Gasteiger partial charge in [0, 0.05) is 22.5 Å². The Bertz CT molecular complexity index is 2850. The molecular weight excluding hydrogens is 605 g/mol. The monoisotopic (exact) mass is 634 g/mol. The highest BCUT2D eigenvalue weighted by Gasteiger charge is 2.20. The van der Waals surface area contributed by atoms with E-state index in [0.29, 0.717) is 0 Å². The van der Waals surface area contributed by atoms with Crippen molar-refractivity contribution < 1.29 is 0 Å². The third kappa shape index (κ3) is 4.43. The summed E-state index contributed by atoms with van der Waals surface area (Å²) in [4.78, 5) is 10.1. The van der Waals surface area contributed by atoms with E-state index in [-0.39, 0.29) is 0 Å². The van der Waals surface area contributed by atoms with Gasteiger partial charge in [0.05, 0.1) is 16.7 Å². The first-order valence-corrected chi connectivity index (χ1v) is 17.1. The first-order chi connectivity index (χ1) is 24.8. The normalized spacial score (nSPS) is 11.6. The lowest BCUT2D eigenvalue weighted by Gasteiger charge is -2.20. The molecule has 0 bridgehead atoms. The predicted octanol–water partition coefficient (Wildman–Crippen LogP) is 12.9. The molecule has 0 aliphatic carbocycles. The maximum atomic E-state index is 5.24. The van der Waals surface area contributed by atoms with Crippen molar-refractivity contribution in [3.63, 3.8) is 0 Å². The number of benzene rings is 8. The van der Waals surface area contributed by atoms with Crippen molar-refractivity contribution in [1.82, 2.24) is 9.97 Å². The molecule has 0 unspecified atom stereocenters. The summed E-state index contributed by atoms with van der Waals surface area (Å²) >= 11 is 0. The van der Waals surface area contributed by atoms with E-state index < -0.39 is 0 Å². The Morgan fingerprint density at radius 3 is 1.52 bits per heavy atom. The van der Waals surface area contributed by atoms with Gasteiger partial charge in [-0.05, 0) is 77.8 Å². The number of hydrogen-bond acceptors (Lipinski definition) is 2. The zero-order valence-corrected chi connectivity index (χ0v) is 27.2. The standard InChI is InChI=1S/C48H30N2/c1-3-14-31(15-4-1)44-30-43(42-26-25-33-18-13-29-49-47(33)48(42)50-44)36-27-28-41(35-20-8-7-19-34(35)36)46-39-23-11-9-21-37(39)45(32-16-5-2-6-17-32)38-22-10-12-24-40(38)46/h1-30H. The Hall–Kier alpha value is -6.64. The van der Waals surface area contributed by atoms with Crippen LogP contribution in [0.3, 0.4) is 0 Å². The molecule has 0 fully saturated rings. The van der Waals surface area contributed by atoms with E-state index in [9.17, 15) is 0 Å². The van der Waals surface area contributed by atoms with Crippen LogP contribution in [0.5, 0.6) is 0 Å². The molecule has 2 heteroatoms. The molecule has 2 heterocycles. The molecule has 10 aromatic rings. The number of nitrogens with zero attached hydrogens (tertiary/aromatic N) is 2. The summed E-state index contributed by atoms with van der Waals surface area (Å²) in [6.07, 6.45) is 1.86. The fraction of sp³-hybridized carbons (Fsp3) is 0. The Labute approximate surface area is 290 Å². The van der Waals surface area contributed by atoms with Gasteiger partial charge in [0.1, 0.15) is 0 Å². The fourth-order valence-corrected chi connectivity index (χ4v) is 7.89. The van der Waals surface area contributed by atoms with Crippen LogP contribution in [0, 0.1) is 0 Å². The zero-order valence-electron chi connectivity index (χ0n) is 27.2. The quantitative estimate of drug-likeness (QED) is 0.142. The highest BCUT2D eigenvalue weighted by Crippen LogP contribution is 2.47. The van der Waals surface area contributed by atoms with E-state index in [0.717, 1.165) is 38.6 Å². The summed E-state index contributed by atoms with van der Waals surface area (Å²) in [5.74, 6) is 0. The van der Waals surface area contributed by atoms with Crippen LogP contribution in [-0.2, 0) is 0 Å². The average molecular weight is 635 g/mol. The maximum Gasteiger partial charge on any atom is 0.0978 e. The minimum absolute atomic E-state index is 0.918. The zero-order chi connectivity index (χ0) is 33.0. The van der Waals surface area contributed by atoms with Gasteiger partial charge in [0.25, 0.3) is 0 Å².